The number of furan rings is 1. The highest BCUT2D eigenvalue weighted by atomic mass is 16.5. The van der Waals surface area contributed by atoms with E-state index in [1.165, 1.54) is 0 Å². The van der Waals surface area contributed by atoms with Crippen LogP contribution < -0.4 is 10.2 Å². The Morgan fingerprint density at radius 3 is 2.69 bits per heavy atom. The molecule has 0 bridgehead atoms. The average molecular weight is 387 g/mol. The van der Waals surface area contributed by atoms with Crippen LogP contribution in [-0.2, 0) is 4.74 Å². The number of morpholine rings is 1. The Morgan fingerprint density at radius 1 is 1.03 bits per heavy atom. The molecule has 2 aromatic carbocycles. The lowest BCUT2D eigenvalue weighted by Gasteiger charge is -2.30. The Kier molecular flexibility index (Phi) is 4.41. The van der Waals surface area contributed by atoms with Crippen molar-refractivity contribution in [1.29, 1.82) is 0 Å². The molecule has 29 heavy (non-hydrogen) atoms. The van der Waals surface area contributed by atoms with E-state index in [0.717, 1.165) is 59.4 Å². The molecular weight excluding hydrogens is 366 g/mol. The average Bonchev–Trinajstić information content (AvgIpc) is 3.11. The summed E-state index contributed by atoms with van der Waals surface area (Å²) < 4.78 is 11.3. The summed E-state index contributed by atoms with van der Waals surface area (Å²) in [5.41, 5.74) is 3.40. The summed E-state index contributed by atoms with van der Waals surface area (Å²) in [6.45, 7) is 5.04. The molecule has 0 spiro atoms. The third-order valence-electron chi connectivity index (χ3n) is 5.44. The van der Waals surface area contributed by atoms with Crippen molar-refractivity contribution in [1.82, 2.24) is 4.98 Å². The smallest absolute Gasteiger partial charge is 0.291 e. The van der Waals surface area contributed by atoms with Gasteiger partial charge in [-0.05, 0) is 31.2 Å². The van der Waals surface area contributed by atoms with E-state index in [1.54, 1.807) is 12.4 Å². The van der Waals surface area contributed by atoms with E-state index in [9.17, 15) is 4.79 Å². The van der Waals surface area contributed by atoms with E-state index >= 15 is 0 Å². The first-order valence-corrected chi connectivity index (χ1v) is 9.71. The van der Waals surface area contributed by atoms with Crippen molar-refractivity contribution >= 4 is 39.0 Å². The van der Waals surface area contributed by atoms with Crippen molar-refractivity contribution in [3.05, 3.63) is 66.2 Å². The second-order valence-corrected chi connectivity index (χ2v) is 7.16. The highest BCUT2D eigenvalue weighted by Gasteiger charge is 2.20. The van der Waals surface area contributed by atoms with Crippen molar-refractivity contribution in [2.45, 2.75) is 6.92 Å². The maximum absolute atomic E-state index is 13.0. The molecule has 4 aromatic rings. The number of nitrogens with one attached hydrogen (secondary N) is 1. The first-order valence-electron chi connectivity index (χ1n) is 9.71. The highest BCUT2D eigenvalue weighted by Crippen LogP contribution is 2.33. The van der Waals surface area contributed by atoms with Crippen molar-refractivity contribution in [3.8, 4) is 0 Å². The van der Waals surface area contributed by atoms with E-state index in [2.05, 4.69) is 21.3 Å². The summed E-state index contributed by atoms with van der Waals surface area (Å²) in [4.78, 5) is 19.6. The van der Waals surface area contributed by atoms with Crippen LogP contribution >= 0.6 is 0 Å². The van der Waals surface area contributed by atoms with Crippen LogP contribution in [0.5, 0.6) is 0 Å². The quantitative estimate of drug-likeness (QED) is 0.565. The second-order valence-electron chi connectivity index (χ2n) is 7.16. The zero-order valence-corrected chi connectivity index (χ0v) is 16.1. The summed E-state index contributed by atoms with van der Waals surface area (Å²) in [6.07, 6.45) is 3.57. The molecule has 1 aliphatic rings. The minimum absolute atomic E-state index is 0.261. The maximum Gasteiger partial charge on any atom is 0.291 e. The summed E-state index contributed by atoms with van der Waals surface area (Å²) in [5, 5.41) is 5.93. The molecule has 6 heteroatoms. The largest absolute Gasteiger partial charge is 0.451 e. The number of amides is 1. The lowest BCUT2D eigenvalue weighted by Crippen LogP contribution is -2.36. The number of carbonyl (C=O) groups excluding carboxylic acids is 1. The Hall–Kier alpha value is -3.38. The predicted molar refractivity (Wildman–Crippen MR) is 114 cm³/mol. The summed E-state index contributed by atoms with van der Waals surface area (Å²) in [5.74, 6) is 0.0727. The number of fused-ring (bicyclic) bond motifs is 2. The van der Waals surface area contributed by atoms with E-state index in [0.29, 0.717) is 11.3 Å². The summed E-state index contributed by atoms with van der Waals surface area (Å²) in [6, 6.07) is 13.6. The molecule has 0 saturated carbocycles. The van der Waals surface area contributed by atoms with Crippen LogP contribution in [0.2, 0.25) is 0 Å². The number of anilines is 2. The van der Waals surface area contributed by atoms with Gasteiger partial charge in [0.25, 0.3) is 5.91 Å². The van der Waals surface area contributed by atoms with Crippen molar-refractivity contribution < 1.29 is 13.9 Å². The Labute approximate surface area is 168 Å². The number of aromatic nitrogens is 1. The maximum atomic E-state index is 13.0. The minimum Gasteiger partial charge on any atom is -0.451 e. The normalized spacial score (nSPS) is 14.4. The van der Waals surface area contributed by atoms with Gasteiger partial charge in [-0.3, -0.25) is 9.78 Å². The molecule has 1 saturated heterocycles. The minimum atomic E-state index is -0.261. The van der Waals surface area contributed by atoms with Crippen molar-refractivity contribution in [2.24, 2.45) is 0 Å². The molecule has 2 aromatic heterocycles. The molecule has 1 N–H and O–H groups in total. The molecule has 0 unspecified atom stereocenters. The van der Waals surface area contributed by atoms with Crippen LogP contribution in [0.4, 0.5) is 11.4 Å². The fourth-order valence-electron chi connectivity index (χ4n) is 3.93. The van der Waals surface area contributed by atoms with E-state index in [4.69, 9.17) is 9.15 Å². The van der Waals surface area contributed by atoms with Gasteiger partial charge in [-0.1, -0.05) is 18.2 Å². The van der Waals surface area contributed by atoms with Crippen LogP contribution in [0, 0.1) is 6.92 Å². The first kappa shape index (κ1) is 17.7. The number of hydrogen-bond donors (Lipinski definition) is 1. The van der Waals surface area contributed by atoms with Crippen molar-refractivity contribution in [2.75, 3.05) is 36.5 Å². The van der Waals surface area contributed by atoms with E-state index < -0.39 is 0 Å². The standard InChI is InChI=1S/C23H21N3O3/c1-15-16-4-2-3-5-21(16)29-22(15)23(27)25-19-6-7-20(26-10-12-28-13-11-26)17-8-9-24-14-18(17)19/h2-9,14H,10-13H2,1H3,(H,25,27). The topological polar surface area (TPSA) is 67.6 Å². The summed E-state index contributed by atoms with van der Waals surface area (Å²) in [7, 11) is 0. The number of rotatable bonds is 3. The van der Waals surface area contributed by atoms with Gasteiger partial charge in [-0.2, -0.15) is 0 Å². The fourth-order valence-corrected chi connectivity index (χ4v) is 3.93. The van der Waals surface area contributed by atoms with Gasteiger partial charge in [-0.15, -0.1) is 0 Å². The third kappa shape index (κ3) is 3.11. The van der Waals surface area contributed by atoms with E-state index in [-0.39, 0.29) is 5.91 Å². The van der Waals surface area contributed by atoms with Crippen LogP contribution in [0.1, 0.15) is 16.1 Å². The molecule has 1 aliphatic heterocycles. The van der Waals surface area contributed by atoms with Gasteiger partial charge in [0, 0.05) is 52.9 Å². The molecular formula is C23H21N3O3. The SMILES string of the molecule is Cc1c(C(=O)Nc2ccc(N3CCOCC3)c3ccncc23)oc2ccccc12. The number of ether oxygens (including phenoxy) is 1. The van der Waals surface area contributed by atoms with Gasteiger partial charge in [0.2, 0.25) is 0 Å². The lowest BCUT2D eigenvalue weighted by atomic mass is 10.1. The van der Waals surface area contributed by atoms with Gasteiger partial charge >= 0.3 is 0 Å². The molecule has 0 radical (unpaired) electrons. The molecule has 1 fully saturated rings. The molecule has 0 atom stereocenters. The van der Waals surface area contributed by atoms with Gasteiger partial charge in [0.1, 0.15) is 5.58 Å². The summed E-state index contributed by atoms with van der Waals surface area (Å²) >= 11 is 0. The number of aryl methyl sites for hydroxylation is 1. The lowest BCUT2D eigenvalue weighted by molar-refractivity contribution is 0.0998. The number of hydrogen-bond acceptors (Lipinski definition) is 5. The third-order valence-corrected chi connectivity index (χ3v) is 5.44. The Balaban J connectivity index is 1.52. The number of benzene rings is 2. The van der Waals surface area contributed by atoms with Crippen molar-refractivity contribution in [3.63, 3.8) is 0 Å². The zero-order chi connectivity index (χ0) is 19.8. The Morgan fingerprint density at radius 2 is 1.86 bits per heavy atom. The number of carbonyl (C=O) groups is 1. The highest BCUT2D eigenvalue weighted by molar-refractivity contribution is 6.12. The molecule has 5 rings (SSSR count). The number of para-hydroxylation sites is 1. The first-order chi connectivity index (χ1) is 14.2. The monoisotopic (exact) mass is 387 g/mol. The van der Waals surface area contributed by atoms with Gasteiger partial charge in [0.05, 0.1) is 18.9 Å². The fraction of sp³-hybridized carbons (Fsp3) is 0.217. The van der Waals surface area contributed by atoms with Crippen LogP contribution in [0.25, 0.3) is 21.7 Å². The molecule has 146 valence electrons. The Bertz CT molecular complexity index is 1210. The second kappa shape index (κ2) is 7.22. The van der Waals surface area contributed by atoms with Gasteiger partial charge < -0.3 is 19.4 Å². The van der Waals surface area contributed by atoms with Crippen LogP contribution in [0.15, 0.2) is 59.3 Å². The number of nitrogens with zero attached hydrogens (tertiary/aromatic N) is 2. The molecule has 3 heterocycles. The van der Waals surface area contributed by atoms with E-state index in [1.807, 2.05) is 43.3 Å². The zero-order valence-electron chi connectivity index (χ0n) is 16.1. The molecule has 0 aliphatic carbocycles. The van der Waals surface area contributed by atoms with Gasteiger partial charge in [0.15, 0.2) is 5.76 Å². The predicted octanol–water partition coefficient (Wildman–Crippen LogP) is 4.38. The molecule has 1 amide bonds. The number of pyridine rings is 1. The van der Waals surface area contributed by atoms with Crippen LogP contribution in [-0.4, -0.2) is 37.2 Å². The molecule has 6 nitrogen and oxygen atoms in total. The van der Waals surface area contributed by atoms with Crippen LogP contribution in [0.3, 0.4) is 0 Å². The van der Waals surface area contributed by atoms with Gasteiger partial charge in [-0.25, -0.2) is 0 Å².